The standard InChI is InChI=1S/C27H50NO3PSi/c1-8-33(9-2,10-3)31-23-12-11-17-26(5)21(14-15-22(23)26)20(4)13-16-24(30-32)27(18-19-27)25(29)28(6)7/h13,16,20-24H,8-12,14-15,17-19,32H2,1-7H3/b16-13+/t20-,21?,22?,23+,24?,26-/m1/s1. The van der Waals surface area contributed by atoms with Gasteiger partial charge < -0.3 is 13.8 Å². The monoisotopic (exact) mass is 495 g/mol. The first kappa shape index (κ1) is 27.4. The zero-order valence-electron chi connectivity index (χ0n) is 22.4. The Hall–Kier alpha value is -0.223. The number of amides is 1. The number of carbonyl (C=O) groups excluding carboxylic acids is 1. The molecule has 3 aliphatic rings. The van der Waals surface area contributed by atoms with Crippen molar-refractivity contribution in [3.8, 4) is 0 Å². The van der Waals surface area contributed by atoms with Gasteiger partial charge in [-0.1, -0.05) is 53.2 Å². The molecule has 1 amide bonds. The molecule has 4 unspecified atom stereocenters. The van der Waals surface area contributed by atoms with E-state index in [1.54, 1.807) is 4.90 Å². The van der Waals surface area contributed by atoms with Gasteiger partial charge in [-0.3, -0.25) is 4.79 Å². The van der Waals surface area contributed by atoms with Gasteiger partial charge in [0.15, 0.2) is 8.32 Å². The Kier molecular flexibility index (Phi) is 8.96. The Morgan fingerprint density at radius 2 is 1.73 bits per heavy atom. The summed E-state index contributed by atoms with van der Waals surface area (Å²) in [6.07, 6.45) is 13.2. The van der Waals surface area contributed by atoms with Crippen LogP contribution in [0.25, 0.3) is 0 Å². The highest BCUT2D eigenvalue weighted by Gasteiger charge is 2.57. The molecule has 3 aliphatic carbocycles. The van der Waals surface area contributed by atoms with Gasteiger partial charge in [-0.05, 0) is 79.8 Å². The zero-order chi connectivity index (χ0) is 24.4. The first-order chi connectivity index (χ1) is 15.6. The van der Waals surface area contributed by atoms with Crippen LogP contribution in [0.4, 0.5) is 0 Å². The van der Waals surface area contributed by atoms with Crippen LogP contribution < -0.4 is 0 Å². The van der Waals surface area contributed by atoms with Gasteiger partial charge in [0, 0.05) is 29.7 Å². The molecule has 0 heterocycles. The lowest BCUT2D eigenvalue weighted by Gasteiger charge is -2.48. The Morgan fingerprint density at radius 3 is 2.24 bits per heavy atom. The average molecular weight is 496 g/mol. The molecule has 0 saturated heterocycles. The lowest BCUT2D eigenvalue weighted by Crippen LogP contribution is -2.48. The average Bonchev–Trinajstić information content (AvgIpc) is 3.52. The fraction of sp³-hybridized carbons (Fsp3) is 0.889. The minimum Gasteiger partial charge on any atom is -0.414 e. The van der Waals surface area contributed by atoms with Crippen LogP contribution in [0.2, 0.25) is 18.1 Å². The van der Waals surface area contributed by atoms with Crippen molar-refractivity contribution in [2.45, 2.75) is 110 Å². The molecular weight excluding hydrogens is 445 g/mol. The third-order valence-corrected chi connectivity index (χ3v) is 15.0. The fourth-order valence-electron chi connectivity index (χ4n) is 7.46. The molecule has 0 aromatic heterocycles. The van der Waals surface area contributed by atoms with Crippen molar-refractivity contribution in [2.24, 2.45) is 28.6 Å². The molecule has 0 spiro atoms. The van der Waals surface area contributed by atoms with E-state index in [4.69, 9.17) is 8.95 Å². The first-order valence-electron chi connectivity index (χ1n) is 13.6. The molecule has 3 rings (SSSR count). The molecule has 6 heteroatoms. The van der Waals surface area contributed by atoms with Gasteiger partial charge in [-0.25, -0.2) is 0 Å². The van der Waals surface area contributed by atoms with Crippen LogP contribution in [0.15, 0.2) is 12.2 Å². The Bertz CT molecular complexity index is 697. The number of fused-ring (bicyclic) bond motifs is 1. The van der Waals surface area contributed by atoms with Gasteiger partial charge in [0.2, 0.25) is 5.91 Å². The summed E-state index contributed by atoms with van der Waals surface area (Å²) in [5.41, 5.74) is -0.00213. The number of carbonyl (C=O) groups is 1. The van der Waals surface area contributed by atoms with Gasteiger partial charge in [-0.2, -0.15) is 0 Å². The number of nitrogens with zero attached hydrogens (tertiary/aromatic N) is 1. The first-order valence-corrected chi connectivity index (χ1v) is 16.6. The molecule has 0 bridgehead atoms. The SMILES string of the molecule is CC[Si](CC)(CC)O[C@H]1CCC[C@]2(C)C([C@H](C)/C=C/C(OP)C3(C(=O)N(C)C)CC3)CCC12. The van der Waals surface area contributed by atoms with E-state index >= 15 is 0 Å². The third-order valence-electron chi connectivity index (χ3n) is 10.0. The molecule has 0 N–H and O–H groups in total. The quantitative estimate of drug-likeness (QED) is 0.179. The van der Waals surface area contributed by atoms with Crippen LogP contribution in [0, 0.1) is 28.6 Å². The van der Waals surface area contributed by atoms with Gasteiger partial charge >= 0.3 is 0 Å². The van der Waals surface area contributed by atoms with E-state index in [1.807, 2.05) is 14.1 Å². The second-order valence-electron chi connectivity index (χ2n) is 11.7. The van der Waals surface area contributed by atoms with Crippen LogP contribution in [0.3, 0.4) is 0 Å². The van der Waals surface area contributed by atoms with Crippen LogP contribution >= 0.6 is 9.47 Å². The lowest BCUT2D eigenvalue weighted by molar-refractivity contribution is -0.136. The van der Waals surface area contributed by atoms with E-state index in [0.29, 0.717) is 29.3 Å². The van der Waals surface area contributed by atoms with Gasteiger partial charge in [-0.15, -0.1) is 0 Å². The van der Waals surface area contributed by atoms with Gasteiger partial charge in [0.05, 0.1) is 11.5 Å². The van der Waals surface area contributed by atoms with E-state index in [9.17, 15) is 4.79 Å². The zero-order valence-corrected chi connectivity index (χ0v) is 24.5. The van der Waals surface area contributed by atoms with Crippen molar-refractivity contribution in [1.29, 1.82) is 0 Å². The lowest BCUT2D eigenvalue weighted by atomic mass is 9.62. The van der Waals surface area contributed by atoms with Crippen LogP contribution in [-0.4, -0.2) is 45.4 Å². The topological polar surface area (TPSA) is 38.8 Å². The van der Waals surface area contributed by atoms with Crippen molar-refractivity contribution in [1.82, 2.24) is 4.90 Å². The Balaban J connectivity index is 1.72. The normalized spacial score (nSPS) is 33.0. The van der Waals surface area contributed by atoms with Crippen LogP contribution in [-0.2, 0) is 13.7 Å². The molecule has 3 saturated carbocycles. The predicted octanol–water partition coefficient (Wildman–Crippen LogP) is 6.83. The van der Waals surface area contributed by atoms with Crippen molar-refractivity contribution in [3.05, 3.63) is 12.2 Å². The molecule has 0 aliphatic heterocycles. The van der Waals surface area contributed by atoms with E-state index in [-0.39, 0.29) is 17.4 Å². The van der Waals surface area contributed by atoms with E-state index in [2.05, 4.69) is 56.2 Å². The Morgan fingerprint density at radius 1 is 1.09 bits per heavy atom. The van der Waals surface area contributed by atoms with Crippen molar-refractivity contribution in [3.63, 3.8) is 0 Å². The highest BCUT2D eigenvalue weighted by atomic mass is 31.0. The second kappa shape index (κ2) is 10.8. The van der Waals surface area contributed by atoms with Gasteiger partial charge in [0.25, 0.3) is 0 Å². The molecular formula is C27H50NO3PSi. The summed E-state index contributed by atoms with van der Waals surface area (Å²) < 4.78 is 12.9. The summed E-state index contributed by atoms with van der Waals surface area (Å²) >= 11 is 0. The number of hydrogen-bond acceptors (Lipinski definition) is 3. The maximum Gasteiger partial charge on any atom is 0.231 e. The Labute approximate surface area is 207 Å². The molecule has 0 aromatic rings. The fourth-order valence-corrected chi connectivity index (χ4v) is 10.7. The third kappa shape index (κ3) is 5.18. The van der Waals surface area contributed by atoms with E-state index < -0.39 is 8.32 Å². The summed E-state index contributed by atoms with van der Waals surface area (Å²) in [7, 11) is 4.53. The van der Waals surface area contributed by atoms with Crippen molar-refractivity contribution < 1.29 is 13.7 Å². The summed E-state index contributed by atoms with van der Waals surface area (Å²) in [5.74, 6) is 2.05. The molecule has 4 nitrogen and oxygen atoms in total. The molecule has 7 atom stereocenters. The van der Waals surface area contributed by atoms with Gasteiger partial charge in [0.1, 0.15) is 0 Å². The smallest absolute Gasteiger partial charge is 0.231 e. The van der Waals surface area contributed by atoms with E-state index in [1.165, 1.54) is 50.2 Å². The highest BCUT2D eigenvalue weighted by molar-refractivity contribution is 7.09. The second-order valence-corrected chi connectivity index (χ2v) is 16.7. The van der Waals surface area contributed by atoms with Crippen molar-refractivity contribution in [2.75, 3.05) is 14.1 Å². The number of hydrogen-bond donors (Lipinski definition) is 0. The minimum atomic E-state index is -1.58. The van der Waals surface area contributed by atoms with E-state index in [0.717, 1.165) is 12.8 Å². The molecule has 190 valence electrons. The molecule has 0 aromatic carbocycles. The molecule has 0 radical (unpaired) electrons. The maximum atomic E-state index is 12.8. The molecule has 3 fully saturated rings. The van der Waals surface area contributed by atoms with Crippen LogP contribution in [0.1, 0.15) is 79.6 Å². The van der Waals surface area contributed by atoms with Crippen molar-refractivity contribution >= 4 is 23.7 Å². The number of rotatable bonds is 11. The summed E-state index contributed by atoms with van der Waals surface area (Å²) in [6.45, 7) is 12.0. The largest absolute Gasteiger partial charge is 0.414 e. The maximum absolute atomic E-state index is 12.8. The summed E-state index contributed by atoms with van der Waals surface area (Å²) in [6, 6.07) is 3.73. The predicted molar refractivity (Wildman–Crippen MR) is 143 cm³/mol. The summed E-state index contributed by atoms with van der Waals surface area (Å²) in [5, 5.41) is 0. The van der Waals surface area contributed by atoms with Crippen LogP contribution in [0.5, 0.6) is 0 Å². The summed E-state index contributed by atoms with van der Waals surface area (Å²) in [4.78, 5) is 14.5. The number of allylic oxidation sites excluding steroid dienone is 1. The highest BCUT2D eigenvalue weighted by Crippen LogP contribution is 2.59. The molecule has 33 heavy (non-hydrogen) atoms. The minimum absolute atomic E-state index is 0.155.